The van der Waals surface area contributed by atoms with Crippen LogP contribution in [0.4, 0.5) is 5.69 Å². The SMILES string of the molecule is CCC1NC(=O)CN(c2cc(C)ccc2C)C1=O. The molecule has 1 saturated heterocycles. The first-order valence-electron chi connectivity index (χ1n) is 6.21. The summed E-state index contributed by atoms with van der Waals surface area (Å²) in [7, 11) is 0. The molecular weight excluding hydrogens is 228 g/mol. The number of nitrogens with zero attached hydrogens (tertiary/aromatic N) is 1. The molecule has 4 nitrogen and oxygen atoms in total. The van der Waals surface area contributed by atoms with Gasteiger partial charge >= 0.3 is 0 Å². The maximum Gasteiger partial charge on any atom is 0.250 e. The summed E-state index contributed by atoms with van der Waals surface area (Å²) in [6, 6.07) is 5.54. The average Bonchev–Trinajstić information content (AvgIpc) is 2.35. The Labute approximate surface area is 107 Å². The molecule has 0 spiro atoms. The summed E-state index contributed by atoms with van der Waals surface area (Å²) in [4.78, 5) is 25.5. The molecule has 96 valence electrons. The first kappa shape index (κ1) is 12.6. The van der Waals surface area contributed by atoms with Crippen molar-refractivity contribution < 1.29 is 9.59 Å². The van der Waals surface area contributed by atoms with E-state index in [1.54, 1.807) is 4.90 Å². The number of aryl methyl sites for hydroxylation is 2. The number of rotatable bonds is 2. The minimum absolute atomic E-state index is 0.0224. The first-order valence-corrected chi connectivity index (χ1v) is 6.21. The van der Waals surface area contributed by atoms with E-state index in [0.29, 0.717) is 6.42 Å². The minimum Gasteiger partial charge on any atom is -0.343 e. The Kier molecular flexibility index (Phi) is 3.36. The molecule has 2 rings (SSSR count). The molecule has 4 heteroatoms. The van der Waals surface area contributed by atoms with Crippen molar-refractivity contribution in [3.8, 4) is 0 Å². The van der Waals surface area contributed by atoms with Crippen LogP contribution in [0.25, 0.3) is 0 Å². The lowest BCUT2D eigenvalue weighted by Crippen LogP contribution is -2.58. The van der Waals surface area contributed by atoms with Gasteiger partial charge in [-0.15, -0.1) is 0 Å². The molecule has 1 aliphatic rings. The van der Waals surface area contributed by atoms with Gasteiger partial charge in [0.2, 0.25) is 11.8 Å². The lowest BCUT2D eigenvalue weighted by Gasteiger charge is -2.33. The highest BCUT2D eigenvalue weighted by atomic mass is 16.2. The molecule has 0 aromatic heterocycles. The van der Waals surface area contributed by atoms with Crippen LogP contribution in [0, 0.1) is 13.8 Å². The maximum absolute atomic E-state index is 12.3. The summed E-state index contributed by atoms with van der Waals surface area (Å²) in [5.41, 5.74) is 2.94. The van der Waals surface area contributed by atoms with E-state index in [0.717, 1.165) is 16.8 Å². The van der Waals surface area contributed by atoms with E-state index in [1.807, 2.05) is 39.0 Å². The van der Waals surface area contributed by atoms with Crippen molar-refractivity contribution in [1.29, 1.82) is 0 Å². The number of carbonyl (C=O) groups is 2. The van der Waals surface area contributed by atoms with Gasteiger partial charge in [-0.25, -0.2) is 0 Å². The van der Waals surface area contributed by atoms with Crippen LogP contribution >= 0.6 is 0 Å². The summed E-state index contributed by atoms with van der Waals surface area (Å²) in [6.07, 6.45) is 0.617. The van der Waals surface area contributed by atoms with Crippen molar-refractivity contribution in [2.75, 3.05) is 11.4 Å². The Bertz CT molecular complexity index is 497. The van der Waals surface area contributed by atoms with Gasteiger partial charge in [0.25, 0.3) is 0 Å². The molecule has 1 aliphatic heterocycles. The molecular formula is C14H18N2O2. The molecule has 0 saturated carbocycles. The standard InChI is InChI=1S/C14H18N2O2/c1-4-11-14(18)16(8-13(17)15-11)12-7-9(2)5-6-10(12)3/h5-7,11H,4,8H2,1-3H3,(H,15,17). The van der Waals surface area contributed by atoms with Crippen LogP contribution in [0.15, 0.2) is 18.2 Å². The fourth-order valence-corrected chi connectivity index (χ4v) is 2.20. The molecule has 1 aromatic rings. The molecule has 0 aliphatic carbocycles. The van der Waals surface area contributed by atoms with Crippen molar-refractivity contribution in [1.82, 2.24) is 5.32 Å². The van der Waals surface area contributed by atoms with Gasteiger partial charge in [0.05, 0.1) is 0 Å². The molecule has 0 bridgehead atoms. The summed E-state index contributed by atoms with van der Waals surface area (Å²) < 4.78 is 0. The van der Waals surface area contributed by atoms with Crippen molar-refractivity contribution >= 4 is 17.5 Å². The van der Waals surface area contributed by atoms with Crippen molar-refractivity contribution in [2.24, 2.45) is 0 Å². The van der Waals surface area contributed by atoms with Crippen LogP contribution in [0.3, 0.4) is 0 Å². The molecule has 18 heavy (non-hydrogen) atoms. The molecule has 0 radical (unpaired) electrons. The van der Waals surface area contributed by atoms with Gasteiger partial charge in [0.15, 0.2) is 0 Å². The highest BCUT2D eigenvalue weighted by Crippen LogP contribution is 2.23. The van der Waals surface area contributed by atoms with Crippen LogP contribution in [0.2, 0.25) is 0 Å². The van der Waals surface area contributed by atoms with E-state index in [9.17, 15) is 9.59 Å². The number of piperazine rings is 1. The van der Waals surface area contributed by atoms with E-state index in [4.69, 9.17) is 0 Å². The fourth-order valence-electron chi connectivity index (χ4n) is 2.20. The lowest BCUT2D eigenvalue weighted by atomic mass is 10.1. The Balaban J connectivity index is 2.39. The monoisotopic (exact) mass is 246 g/mol. The van der Waals surface area contributed by atoms with E-state index in [1.165, 1.54) is 0 Å². The van der Waals surface area contributed by atoms with Crippen LogP contribution in [-0.4, -0.2) is 24.4 Å². The van der Waals surface area contributed by atoms with Gasteiger partial charge in [0, 0.05) is 5.69 Å². The topological polar surface area (TPSA) is 49.4 Å². The normalized spacial score (nSPS) is 19.9. The highest BCUT2D eigenvalue weighted by molar-refractivity contribution is 6.06. The third-order valence-electron chi connectivity index (χ3n) is 3.26. The smallest absolute Gasteiger partial charge is 0.250 e. The summed E-state index contributed by atoms with van der Waals surface area (Å²) in [5.74, 6) is -0.117. The number of hydrogen-bond acceptors (Lipinski definition) is 2. The first-order chi connectivity index (χ1) is 8.52. The maximum atomic E-state index is 12.3. The second-order valence-electron chi connectivity index (χ2n) is 4.74. The number of carbonyl (C=O) groups excluding carboxylic acids is 2. The molecule has 1 fully saturated rings. The zero-order valence-electron chi connectivity index (χ0n) is 11.0. The predicted octanol–water partition coefficient (Wildman–Crippen LogP) is 1.54. The van der Waals surface area contributed by atoms with Crippen LogP contribution < -0.4 is 10.2 Å². The van der Waals surface area contributed by atoms with Crippen LogP contribution in [-0.2, 0) is 9.59 Å². The lowest BCUT2D eigenvalue weighted by molar-refractivity contribution is -0.131. The van der Waals surface area contributed by atoms with Gasteiger partial charge in [-0.1, -0.05) is 19.1 Å². The average molecular weight is 246 g/mol. The third kappa shape index (κ3) is 2.23. The number of benzene rings is 1. The van der Waals surface area contributed by atoms with E-state index >= 15 is 0 Å². The largest absolute Gasteiger partial charge is 0.343 e. The molecule has 2 amide bonds. The third-order valence-corrected chi connectivity index (χ3v) is 3.26. The summed E-state index contributed by atoms with van der Waals surface area (Å²) >= 11 is 0. The number of anilines is 1. The molecule has 1 aromatic carbocycles. The van der Waals surface area contributed by atoms with Gasteiger partial charge in [-0.3, -0.25) is 9.59 Å². The molecule has 1 N–H and O–H groups in total. The fraction of sp³-hybridized carbons (Fsp3) is 0.429. The van der Waals surface area contributed by atoms with Crippen molar-refractivity contribution in [3.05, 3.63) is 29.3 Å². The van der Waals surface area contributed by atoms with Crippen LogP contribution in [0.5, 0.6) is 0 Å². The Morgan fingerprint density at radius 2 is 2.06 bits per heavy atom. The number of amides is 2. The molecule has 1 atom stereocenters. The van der Waals surface area contributed by atoms with Gasteiger partial charge in [0.1, 0.15) is 12.6 Å². The minimum atomic E-state index is -0.397. The predicted molar refractivity (Wildman–Crippen MR) is 70.5 cm³/mol. The zero-order valence-corrected chi connectivity index (χ0v) is 11.0. The van der Waals surface area contributed by atoms with Crippen LogP contribution in [0.1, 0.15) is 24.5 Å². The Morgan fingerprint density at radius 3 is 2.72 bits per heavy atom. The van der Waals surface area contributed by atoms with Gasteiger partial charge in [-0.2, -0.15) is 0 Å². The second kappa shape index (κ2) is 4.80. The molecule has 1 heterocycles. The number of nitrogens with one attached hydrogen (secondary N) is 1. The Hall–Kier alpha value is -1.84. The quantitative estimate of drug-likeness (QED) is 0.860. The number of hydrogen-bond donors (Lipinski definition) is 1. The van der Waals surface area contributed by atoms with Crippen molar-refractivity contribution in [3.63, 3.8) is 0 Å². The van der Waals surface area contributed by atoms with E-state index in [2.05, 4.69) is 5.32 Å². The zero-order chi connectivity index (χ0) is 13.3. The van der Waals surface area contributed by atoms with E-state index < -0.39 is 6.04 Å². The highest BCUT2D eigenvalue weighted by Gasteiger charge is 2.32. The van der Waals surface area contributed by atoms with Gasteiger partial charge in [-0.05, 0) is 37.5 Å². The molecule has 1 unspecified atom stereocenters. The summed E-state index contributed by atoms with van der Waals surface area (Å²) in [6.45, 7) is 5.94. The van der Waals surface area contributed by atoms with Gasteiger partial charge < -0.3 is 10.2 Å². The Morgan fingerprint density at radius 1 is 1.33 bits per heavy atom. The summed E-state index contributed by atoms with van der Waals surface area (Å²) in [5, 5.41) is 2.72. The second-order valence-corrected chi connectivity index (χ2v) is 4.74. The van der Waals surface area contributed by atoms with Crippen molar-refractivity contribution in [2.45, 2.75) is 33.2 Å². The van der Waals surface area contributed by atoms with E-state index in [-0.39, 0.29) is 18.4 Å².